The average molecular weight is 447 g/mol. The second-order valence-electron chi connectivity index (χ2n) is 9.04. The third-order valence-corrected chi connectivity index (χ3v) is 6.72. The van der Waals surface area contributed by atoms with Crippen LogP contribution in [0.4, 0.5) is 0 Å². The molecule has 174 valence electrons. The smallest absolute Gasteiger partial charge is 0.227 e. The topological polar surface area (TPSA) is 59.4 Å². The minimum atomic E-state index is -0.437. The number of hydrogen-bond acceptors (Lipinski definition) is 4. The second-order valence-corrected chi connectivity index (χ2v) is 9.04. The molecule has 4 rings (SSSR count). The lowest BCUT2D eigenvalue weighted by Gasteiger charge is -2.28. The summed E-state index contributed by atoms with van der Waals surface area (Å²) < 4.78 is 7.37. The molecule has 1 N–H and O–H groups in total. The van der Waals surface area contributed by atoms with E-state index < -0.39 is 5.41 Å². The third kappa shape index (κ3) is 4.81. The Labute approximate surface area is 196 Å². The van der Waals surface area contributed by atoms with Crippen LogP contribution in [0, 0.1) is 12.3 Å². The maximum absolute atomic E-state index is 13.3. The fourth-order valence-corrected chi connectivity index (χ4v) is 5.03. The van der Waals surface area contributed by atoms with Gasteiger partial charge in [0, 0.05) is 26.7 Å². The van der Waals surface area contributed by atoms with Gasteiger partial charge in [0.15, 0.2) is 0 Å². The number of aryl methyl sites for hydroxylation is 2. The van der Waals surface area contributed by atoms with Crippen LogP contribution in [-0.4, -0.2) is 47.3 Å². The maximum Gasteiger partial charge on any atom is 0.227 e. The molecule has 33 heavy (non-hydrogen) atoms. The number of ether oxygens (including phenoxy) is 1. The van der Waals surface area contributed by atoms with Gasteiger partial charge in [-0.25, -0.2) is 4.68 Å². The summed E-state index contributed by atoms with van der Waals surface area (Å²) in [5.41, 5.74) is 5.22. The normalized spacial score (nSPS) is 18.4. The molecule has 3 aromatic rings. The van der Waals surface area contributed by atoms with Crippen molar-refractivity contribution < 1.29 is 9.53 Å². The lowest BCUT2D eigenvalue weighted by atomic mass is 9.79. The van der Waals surface area contributed by atoms with Gasteiger partial charge in [-0.05, 0) is 49.9 Å². The van der Waals surface area contributed by atoms with Gasteiger partial charge in [0.2, 0.25) is 11.8 Å². The van der Waals surface area contributed by atoms with Crippen LogP contribution in [0.3, 0.4) is 0 Å². The molecule has 6 nitrogen and oxygen atoms in total. The van der Waals surface area contributed by atoms with Gasteiger partial charge in [-0.3, -0.25) is 9.69 Å². The summed E-state index contributed by atoms with van der Waals surface area (Å²) in [6.45, 7) is 6.96. The SMILES string of the molecule is CCNC(=O)C1(Cc2ccc(-c3ccccc3)cc2)CCN(Cc2c(C)nn(C)c2OC)C1. The van der Waals surface area contributed by atoms with Gasteiger partial charge in [-0.1, -0.05) is 54.6 Å². The summed E-state index contributed by atoms with van der Waals surface area (Å²) >= 11 is 0. The second kappa shape index (κ2) is 9.79. The lowest BCUT2D eigenvalue weighted by molar-refractivity contribution is -0.130. The molecule has 6 heteroatoms. The summed E-state index contributed by atoms with van der Waals surface area (Å²) in [6, 6.07) is 19.0. The first kappa shape index (κ1) is 23.1. The number of hydrogen-bond donors (Lipinski definition) is 1. The van der Waals surface area contributed by atoms with E-state index >= 15 is 0 Å². The number of aromatic nitrogens is 2. The fourth-order valence-electron chi connectivity index (χ4n) is 5.03. The Morgan fingerprint density at radius 3 is 2.48 bits per heavy atom. The van der Waals surface area contributed by atoms with E-state index in [9.17, 15) is 4.79 Å². The van der Waals surface area contributed by atoms with Gasteiger partial charge in [0.25, 0.3) is 0 Å². The Balaban J connectivity index is 1.53. The Morgan fingerprint density at radius 2 is 1.82 bits per heavy atom. The number of carbonyl (C=O) groups excluding carboxylic acids is 1. The first-order valence-corrected chi connectivity index (χ1v) is 11.7. The van der Waals surface area contributed by atoms with Crippen molar-refractivity contribution in [3.63, 3.8) is 0 Å². The highest BCUT2D eigenvalue weighted by atomic mass is 16.5. The number of likely N-dealkylation sites (tertiary alicyclic amines) is 1. The monoisotopic (exact) mass is 446 g/mol. The zero-order chi connectivity index (χ0) is 23.4. The predicted molar refractivity (Wildman–Crippen MR) is 131 cm³/mol. The molecule has 1 aliphatic heterocycles. The van der Waals surface area contributed by atoms with Crippen LogP contribution in [0.1, 0.15) is 30.2 Å². The number of methoxy groups -OCH3 is 1. The molecule has 0 bridgehead atoms. The van der Waals surface area contributed by atoms with Crippen molar-refractivity contribution in [1.82, 2.24) is 20.0 Å². The van der Waals surface area contributed by atoms with Gasteiger partial charge >= 0.3 is 0 Å². The molecule has 1 atom stereocenters. The Bertz CT molecular complexity index is 1090. The van der Waals surface area contributed by atoms with Gasteiger partial charge in [0.1, 0.15) is 0 Å². The predicted octanol–water partition coefficient (Wildman–Crippen LogP) is 3.98. The summed E-state index contributed by atoms with van der Waals surface area (Å²) in [5, 5.41) is 7.61. The van der Waals surface area contributed by atoms with E-state index in [4.69, 9.17) is 4.74 Å². The van der Waals surface area contributed by atoms with E-state index in [2.05, 4.69) is 63.8 Å². The van der Waals surface area contributed by atoms with Crippen LogP contribution < -0.4 is 10.1 Å². The number of rotatable bonds is 8. The molecule has 2 heterocycles. The quantitative estimate of drug-likeness (QED) is 0.569. The van der Waals surface area contributed by atoms with Gasteiger partial charge in [-0.15, -0.1) is 0 Å². The molecule has 0 saturated carbocycles. The molecule has 0 aliphatic carbocycles. The molecule has 1 aromatic heterocycles. The Morgan fingerprint density at radius 1 is 1.12 bits per heavy atom. The van der Waals surface area contributed by atoms with Crippen LogP contribution in [0.15, 0.2) is 54.6 Å². The van der Waals surface area contributed by atoms with Crippen molar-refractivity contribution in [1.29, 1.82) is 0 Å². The van der Waals surface area contributed by atoms with E-state index in [1.807, 2.05) is 27.0 Å². The number of nitrogens with one attached hydrogen (secondary N) is 1. The van der Waals surface area contributed by atoms with Crippen molar-refractivity contribution in [3.05, 3.63) is 71.4 Å². The maximum atomic E-state index is 13.3. The lowest BCUT2D eigenvalue weighted by Crippen LogP contribution is -2.44. The molecule has 1 fully saturated rings. The first-order valence-electron chi connectivity index (χ1n) is 11.7. The Hall–Kier alpha value is -3.12. The van der Waals surface area contributed by atoms with E-state index in [1.165, 1.54) is 16.7 Å². The van der Waals surface area contributed by atoms with Crippen LogP contribution >= 0.6 is 0 Å². The van der Waals surface area contributed by atoms with Crippen molar-refractivity contribution in [2.24, 2.45) is 12.5 Å². The molecular weight excluding hydrogens is 412 g/mol. The fraction of sp³-hybridized carbons (Fsp3) is 0.407. The van der Waals surface area contributed by atoms with Crippen molar-refractivity contribution in [2.75, 3.05) is 26.7 Å². The van der Waals surface area contributed by atoms with E-state index in [0.29, 0.717) is 6.54 Å². The average Bonchev–Trinajstić information content (AvgIpc) is 3.35. The zero-order valence-electron chi connectivity index (χ0n) is 20.1. The van der Waals surface area contributed by atoms with Crippen LogP contribution in [0.2, 0.25) is 0 Å². The van der Waals surface area contributed by atoms with Crippen LogP contribution in [-0.2, 0) is 24.8 Å². The zero-order valence-corrected chi connectivity index (χ0v) is 20.1. The molecule has 1 amide bonds. The minimum Gasteiger partial charge on any atom is -0.481 e. The number of nitrogens with zero attached hydrogens (tertiary/aromatic N) is 3. The summed E-state index contributed by atoms with van der Waals surface area (Å²) in [7, 11) is 3.58. The molecule has 2 aromatic carbocycles. The highest BCUT2D eigenvalue weighted by Gasteiger charge is 2.44. The molecular formula is C27H34N4O2. The Kier molecular flexibility index (Phi) is 6.84. The molecule has 0 spiro atoms. The van der Waals surface area contributed by atoms with Crippen molar-refractivity contribution >= 4 is 5.91 Å². The van der Waals surface area contributed by atoms with Crippen molar-refractivity contribution in [3.8, 4) is 17.0 Å². The number of carbonyl (C=O) groups is 1. The third-order valence-electron chi connectivity index (χ3n) is 6.72. The number of amides is 1. The molecule has 1 unspecified atom stereocenters. The van der Waals surface area contributed by atoms with E-state index in [1.54, 1.807) is 11.8 Å². The minimum absolute atomic E-state index is 0.148. The highest BCUT2D eigenvalue weighted by Crippen LogP contribution is 2.37. The first-order chi connectivity index (χ1) is 16.0. The molecule has 1 aliphatic rings. The van der Waals surface area contributed by atoms with Crippen molar-refractivity contribution in [2.45, 2.75) is 33.2 Å². The summed E-state index contributed by atoms with van der Waals surface area (Å²) in [5.74, 6) is 0.939. The van der Waals surface area contributed by atoms with Gasteiger partial charge < -0.3 is 10.1 Å². The summed E-state index contributed by atoms with van der Waals surface area (Å²) in [6.07, 6.45) is 1.56. The van der Waals surface area contributed by atoms with E-state index in [-0.39, 0.29) is 5.91 Å². The molecule has 1 saturated heterocycles. The highest BCUT2D eigenvalue weighted by molar-refractivity contribution is 5.83. The van der Waals surface area contributed by atoms with E-state index in [0.717, 1.165) is 49.6 Å². The largest absolute Gasteiger partial charge is 0.481 e. The van der Waals surface area contributed by atoms with Crippen LogP contribution in [0.5, 0.6) is 5.88 Å². The van der Waals surface area contributed by atoms with Gasteiger partial charge in [-0.2, -0.15) is 5.10 Å². The molecule has 0 radical (unpaired) electrons. The van der Waals surface area contributed by atoms with Gasteiger partial charge in [0.05, 0.1) is 23.8 Å². The number of benzene rings is 2. The summed E-state index contributed by atoms with van der Waals surface area (Å²) in [4.78, 5) is 15.6. The van der Waals surface area contributed by atoms with Crippen LogP contribution in [0.25, 0.3) is 11.1 Å². The standard InChI is InChI=1S/C27H34N4O2/c1-5-28-26(32)27(17-21-11-13-23(14-12-21)22-9-7-6-8-10-22)15-16-31(19-27)18-24-20(2)29-30(3)25(24)33-4/h6-14H,5,15-19H2,1-4H3,(H,28,32).